The fourth-order valence-corrected chi connectivity index (χ4v) is 3.47. The van der Waals surface area contributed by atoms with Crippen LogP contribution < -0.4 is 5.32 Å². The molecule has 1 heterocycles. The Morgan fingerprint density at radius 3 is 2.81 bits per heavy atom. The fraction of sp³-hybridized carbons (Fsp3) is 0.526. The van der Waals surface area contributed by atoms with E-state index in [0.29, 0.717) is 0 Å². The summed E-state index contributed by atoms with van der Waals surface area (Å²) in [7, 11) is 2.05. The zero-order chi connectivity index (χ0) is 14.7. The van der Waals surface area contributed by atoms with E-state index in [4.69, 9.17) is 4.98 Å². The van der Waals surface area contributed by atoms with Gasteiger partial charge in [-0.05, 0) is 61.8 Å². The highest BCUT2D eigenvalue weighted by Gasteiger charge is 2.16. The van der Waals surface area contributed by atoms with Crippen LogP contribution in [-0.4, -0.2) is 12.0 Å². The van der Waals surface area contributed by atoms with Gasteiger partial charge in [-0.3, -0.25) is 4.98 Å². The third-order valence-electron chi connectivity index (χ3n) is 4.65. The summed E-state index contributed by atoms with van der Waals surface area (Å²) in [5.74, 6) is 0. The summed E-state index contributed by atoms with van der Waals surface area (Å²) >= 11 is 0. The van der Waals surface area contributed by atoms with Crippen molar-refractivity contribution in [3.63, 3.8) is 0 Å². The molecule has 112 valence electrons. The zero-order valence-corrected chi connectivity index (χ0v) is 13.3. The van der Waals surface area contributed by atoms with Crippen LogP contribution in [-0.2, 0) is 19.3 Å². The van der Waals surface area contributed by atoms with Crippen molar-refractivity contribution in [1.82, 2.24) is 4.98 Å². The lowest BCUT2D eigenvalue weighted by molar-refractivity contribution is 0.709. The molecular formula is C19H26N2. The predicted octanol–water partition coefficient (Wildman–Crippen LogP) is 4.89. The third-order valence-corrected chi connectivity index (χ3v) is 4.65. The molecule has 21 heavy (non-hydrogen) atoms. The van der Waals surface area contributed by atoms with Gasteiger partial charge in [0, 0.05) is 23.8 Å². The second kappa shape index (κ2) is 6.46. The van der Waals surface area contributed by atoms with E-state index in [2.05, 4.69) is 37.5 Å². The van der Waals surface area contributed by atoms with E-state index in [9.17, 15) is 0 Å². The lowest BCUT2D eigenvalue weighted by Crippen LogP contribution is -2.04. The summed E-state index contributed by atoms with van der Waals surface area (Å²) in [6, 6.07) is 6.83. The SMILES string of the molecule is CCCCc1ccc2nc3c(c(NC)c2c1)CCCCC3. The van der Waals surface area contributed by atoms with Gasteiger partial charge in [0.25, 0.3) is 0 Å². The van der Waals surface area contributed by atoms with Crippen LogP contribution in [0.25, 0.3) is 10.9 Å². The fourth-order valence-electron chi connectivity index (χ4n) is 3.47. The van der Waals surface area contributed by atoms with Crippen molar-refractivity contribution >= 4 is 16.6 Å². The summed E-state index contributed by atoms with van der Waals surface area (Å²) in [6.45, 7) is 2.25. The van der Waals surface area contributed by atoms with Crippen LogP contribution in [0.15, 0.2) is 18.2 Å². The maximum absolute atomic E-state index is 4.97. The highest BCUT2D eigenvalue weighted by atomic mass is 14.8. The molecular weight excluding hydrogens is 256 g/mol. The molecule has 0 bridgehead atoms. The van der Waals surface area contributed by atoms with E-state index in [1.807, 2.05) is 0 Å². The Hall–Kier alpha value is -1.57. The molecule has 0 saturated heterocycles. The van der Waals surface area contributed by atoms with Gasteiger partial charge in [0.05, 0.1) is 5.52 Å². The molecule has 3 rings (SSSR count). The summed E-state index contributed by atoms with van der Waals surface area (Å²) in [5.41, 5.74) is 6.72. The molecule has 1 aromatic carbocycles. The normalized spacial score (nSPS) is 14.8. The number of anilines is 1. The molecule has 1 aliphatic carbocycles. The van der Waals surface area contributed by atoms with Gasteiger partial charge in [0.1, 0.15) is 0 Å². The van der Waals surface area contributed by atoms with Gasteiger partial charge in [-0.15, -0.1) is 0 Å². The van der Waals surface area contributed by atoms with Crippen molar-refractivity contribution in [2.75, 3.05) is 12.4 Å². The Bertz CT molecular complexity index is 631. The Morgan fingerprint density at radius 2 is 2.00 bits per heavy atom. The van der Waals surface area contributed by atoms with Crippen LogP contribution in [0.4, 0.5) is 5.69 Å². The molecule has 1 N–H and O–H groups in total. The first kappa shape index (κ1) is 14.4. The van der Waals surface area contributed by atoms with E-state index in [0.717, 1.165) is 11.9 Å². The molecule has 0 spiro atoms. The van der Waals surface area contributed by atoms with Crippen LogP contribution in [0.1, 0.15) is 55.8 Å². The Morgan fingerprint density at radius 1 is 1.14 bits per heavy atom. The standard InChI is InChI=1S/C19H26N2/c1-3-4-8-14-11-12-18-16(13-14)19(20-2)15-9-6-5-7-10-17(15)21-18/h11-13H,3-10H2,1-2H3,(H,20,21). The van der Waals surface area contributed by atoms with E-state index in [-0.39, 0.29) is 0 Å². The quantitative estimate of drug-likeness (QED) is 0.808. The highest BCUT2D eigenvalue weighted by molar-refractivity contribution is 5.94. The summed E-state index contributed by atoms with van der Waals surface area (Å²) < 4.78 is 0. The Labute approximate surface area is 128 Å². The van der Waals surface area contributed by atoms with E-state index in [1.165, 1.54) is 72.8 Å². The number of rotatable bonds is 4. The number of nitrogens with zero attached hydrogens (tertiary/aromatic N) is 1. The van der Waals surface area contributed by atoms with Crippen LogP contribution >= 0.6 is 0 Å². The molecule has 0 saturated carbocycles. The number of nitrogens with one attached hydrogen (secondary N) is 1. The Balaban J connectivity index is 2.12. The second-order valence-electron chi connectivity index (χ2n) is 6.18. The van der Waals surface area contributed by atoms with Crippen molar-refractivity contribution < 1.29 is 0 Å². The van der Waals surface area contributed by atoms with Gasteiger partial charge in [-0.2, -0.15) is 0 Å². The minimum atomic E-state index is 1.14. The minimum absolute atomic E-state index is 1.14. The molecule has 2 aromatic rings. The average molecular weight is 282 g/mol. The summed E-state index contributed by atoms with van der Waals surface area (Å²) in [5, 5.41) is 4.78. The molecule has 2 nitrogen and oxygen atoms in total. The average Bonchev–Trinajstić information content (AvgIpc) is 2.75. The van der Waals surface area contributed by atoms with Crippen LogP contribution in [0.5, 0.6) is 0 Å². The van der Waals surface area contributed by atoms with E-state index in [1.54, 1.807) is 0 Å². The van der Waals surface area contributed by atoms with Crippen LogP contribution in [0, 0.1) is 0 Å². The minimum Gasteiger partial charge on any atom is -0.387 e. The van der Waals surface area contributed by atoms with Crippen molar-refractivity contribution in [3.8, 4) is 0 Å². The zero-order valence-electron chi connectivity index (χ0n) is 13.3. The Kier molecular flexibility index (Phi) is 4.42. The summed E-state index contributed by atoms with van der Waals surface area (Å²) in [6.07, 6.45) is 9.90. The van der Waals surface area contributed by atoms with Gasteiger partial charge >= 0.3 is 0 Å². The molecule has 0 amide bonds. The summed E-state index contributed by atoms with van der Waals surface area (Å²) in [4.78, 5) is 4.97. The number of fused-ring (bicyclic) bond motifs is 2. The number of hydrogen-bond acceptors (Lipinski definition) is 2. The maximum atomic E-state index is 4.97. The molecule has 0 radical (unpaired) electrons. The van der Waals surface area contributed by atoms with Gasteiger partial charge in [0.2, 0.25) is 0 Å². The molecule has 2 heteroatoms. The van der Waals surface area contributed by atoms with Gasteiger partial charge in [-0.1, -0.05) is 25.8 Å². The highest BCUT2D eigenvalue weighted by Crippen LogP contribution is 2.33. The molecule has 0 unspecified atom stereocenters. The van der Waals surface area contributed by atoms with Gasteiger partial charge < -0.3 is 5.32 Å². The first-order valence-corrected chi connectivity index (χ1v) is 8.45. The third kappa shape index (κ3) is 2.90. The number of aryl methyl sites for hydroxylation is 2. The van der Waals surface area contributed by atoms with Crippen LogP contribution in [0.3, 0.4) is 0 Å². The predicted molar refractivity (Wildman–Crippen MR) is 91.2 cm³/mol. The first-order chi connectivity index (χ1) is 10.3. The maximum Gasteiger partial charge on any atom is 0.0726 e. The topological polar surface area (TPSA) is 24.9 Å². The number of aromatic nitrogens is 1. The second-order valence-corrected chi connectivity index (χ2v) is 6.18. The van der Waals surface area contributed by atoms with E-state index >= 15 is 0 Å². The van der Waals surface area contributed by atoms with Crippen molar-refractivity contribution in [2.45, 2.75) is 58.3 Å². The van der Waals surface area contributed by atoms with Crippen molar-refractivity contribution in [1.29, 1.82) is 0 Å². The van der Waals surface area contributed by atoms with Crippen molar-refractivity contribution in [2.24, 2.45) is 0 Å². The molecule has 0 fully saturated rings. The largest absolute Gasteiger partial charge is 0.387 e. The lowest BCUT2D eigenvalue weighted by atomic mass is 9.99. The first-order valence-electron chi connectivity index (χ1n) is 8.45. The van der Waals surface area contributed by atoms with E-state index < -0.39 is 0 Å². The van der Waals surface area contributed by atoms with Gasteiger partial charge in [-0.25, -0.2) is 0 Å². The number of unbranched alkanes of at least 4 members (excludes halogenated alkanes) is 1. The molecule has 0 atom stereocenters. The smallest absolute Gasteiger partial charge is 0.0726 e. The molecule has 1 aliphatic rings. The molecule has 1 aromatic heterocycles. The number of pyridine rings is 1. The number of hydrogen-bond donors (Lipinski definition) is 1. The van der Waals surface area contributed by atoms with Crippen LogP contribution in [0.2, 0.25) is 0 Å². The lowest BCUT2D eigenvalue weighted by Gasteiger charge is -2.16. The monoisotopic (exact) mass is 282 g/mol. The molecule has 0 aliphatic heterocycles. The number of benzene rings is 1. The van der Waals surface area contributed by atoms with Gasteiger partial charge in [0.15, 0.2) is 0 Å². The van der Waals surface area contributed by atoms with Crippen molar-refractivity contribution in [3.05, 3.63) is 35.0 Å².